The van der Waals surface area contributed by atoms with Gasteiger partial charge in [-0.15, -0.1) is 24.8 Å². The Morgan fingerprint density at radius 3 is 2.58 bits per heavy atom. The lowest BCUT2D eigenvalue weighted by Gasteiger charge is -1.98. The van der Waals surface area contributed by atoms with Crippen LogP contribution in [0.1, 0.15) is 5.69 Å². The zero-order valence-corrected chi connectivity index (χ0v) is 9.58. The van der Waals surface area contributed by atoms with Gasteiger partial charge in [0.05, 0.1) is 5.69 Å². The normalized spacial score (nSPS) is 8.17. The molecule has 0 fully saturated rings. The van der Waals surface area contributed by atoms with Gasteiger partial charge in [-0.05, 0) is 34.6 Å². The van der Waals surface area contributed by atoms with Crippen LogP contribution in [0, 0.1) is 0 Å². The first-order chi connectivity index (χ1) is 4.84. The first-order valence-corrected chi connectivity index (χ1v) is 3.93. The zero-order valence-electron chi connectivity index (χ0n) is 6.37. The van der Waals surface area contributed by atoms with Gasteiger partial charge in [0.2, 0.25) is 0 Å². The van der Waals surface area contributed by atoms with Crippen LogP contribution in [-0.4, -0.2) is 11.5 Å². The lowest BCUT2D eigenvalue weighted by Crippen LogP contribution is -2.04. The highest BCUT2D eigenvalue weighted by atomic mass is 79.9. The molecule has 1 aromatic heterocycles. The molecule has 0 amide bonds. The fourth-order valence-corrected chi connectivity index (χ4v) is 1.19. The summed E-state index contributed by atoms with van der Waals surface area (Å²) < 4.78 is 1.04. The van der Waals surface area contributed by atoms with Crippen molar-refractivity contribution in [3.63, 3.8) is 0 Å². The summed E-state index contributed by atoms with van der Waals surface area (Å²) in [6, 6.07) is 3.86. The van der Waals surface area contributed by atoms with E-state index in [1.54, 1.807) is 6.20 Å². The van der Waals surface area contributed by atoms with E-state index in [1.807, 2.05) is 12.1 Å². The number of aromatic nitrogens is 1. The van der Waals surface area contributed by atoms with Crippen molar-refractivity contribution in [3.05, 3.63) is 28.5 Å². The highest BCUT2D eigenvalue weighted by molar-refractivity contribution is 9.10. The van der Waals surface area contributed by atoms with Crippen molar-refractivity contribution in [2.24, 2.45) is 5.73 Å². The Morgan fingerprint density at radius 2 is 2.08 bits per heavy atom. The minimum Gasteiger partial charge on any atom is -0.330 e. The number of halogens is 3. The second kappa shape index (κ2) is 7.80. The fourth-order valence-electron chi connectivity index (χ4n) is 0.739. The molecule has 0 radical (unpaired) electrons. The van der Waals surface area contributed by atoms with Crippen molar-refractivity contribution in [1.82, 2.24) is 4.98 Å². The SMILES string of the molecule is Cl.Cl.NCCc1ncccc1Br. The van der Waals surface area contributed by atoms with Crippen molar-refractivity contribution >= 4 is 40.7 Å². The molecular weight excluding hydrogens is 263 g/mol. The summed E-state index contributed by atoms with van der Waals surface area (Å²) >= 11 is 3.38. The molecule has 0 bridgehead atoms. The molecule has 0 aromatic carbocycles. The van der Waals surface area contributed by atoms with Gasteiger partial charge in [-0.3, -0.25) is 4.98 Å². The molecule has 70 valence electrons. The van der Waals surface area contributed by atoms with Crippen molar-refractivity contribution in [2.75, 3.05) is 6.54 Å². The molecular formula is C7H11BrCl2N2. The van der Waals surface area contributed by atoms with E-state index >= 15 is 0 Å². The summed E-state index contributed by atoms with van der Waals surface area (Å²) in [6.07, 6.45) is 2.61. The minimum atomic E-state index is 0. The maximum absolute atomic E-state index is 5.37. The van der Waals surface area contributed by atoms with Crippen LogP contribution < -0.4 is 5.73 Å². The van der Waals surface area contributed by atoms with Gasteiger partial charge >= 0.3 is 0 Å². The van der Waals surface area contributed by atoms with Crippen molar-refractivity contribution in [3.8, 4) is 0 Å². The Morgan fingerprint density at radius 1 is 1.42 bits per heavy atom. The largest absolute Gasteiger partial charge is 0.330 e. The second-order valence-corrected chi connectivity index (χ2v) is 2.82. The number of hydrogen-bond acceptors (Lipinski definition) is 2. The van der Waals surface area contributed by atoms with Crippen LogP contribution in [-0.2, 0) is 6.42 Å². The summed E-state index contributed by atoms with van der Waals surface area (Å²) in [4.78, 5) is 4.14. The van der Waals surface area contributed by atoms with Crippen molar-refractivity contribution in [1.29, 1.82) is 0 Å². The molecule has 0 saturated carbocycles. The molecule has 0 aliphatic rings. The van der Waals surface area contributed by atoms with Gasteiger partial charge in [0.1, 0.15) is 0 Å². The number of pyridine rings is 1. The third kappa shape index (κ3) is 4.26. The van der Waals surface area contributed by atoms with Crippen LogP contribution in [0.2, 0.25) is 0 Å². The molecule has 2 N–H and O–H groups in total. The summed E-state index contributed by atoms with van der Waals surface area (Å²) in [6.45, 7) is 0.648. The van der Waals surface area contributed by atoms with Crippen molar-refractivity contribution in [2.45, 2.75) is 6.42 Å². The molecule has 1 aromatic rings. The van der Waals surface area contributed by atoms with E-state index in [2.05, 4.69) is 20.9 Å². The number of hydrogen-bond donors (Lipinski definition) is 1. The number of nitrogens with zero attached hydrogens (tertiary/aromatic N) is 1. The summed E-state index contributed by atoms with van der Waals surface area (Å²) in [5.74, 6) is 0. The van der Waals surface area contributed by atoms with Gasteiger partial charge in [-0.2, -0.15) is 0 Å². The van der Waals surface area contributed by atoms with Crippen LogP contribution >= 0.6 is 40.7 Å². The highest BCUT2D eigenvalue weighted by Crippen LogP contribution is 2.12. The molecule has 0 unspecified atom stereocenters. The van der Waals surface area contributed by atoms with Gasteiger partial charge in [-0.25, -0.2) is 0 Å². The molecule has 0 atom stereocenters. The Kier molecular flexibility index (Phi) is 9.54. The average molecular weight is 274 g/mol. The Labute approximate surface area is 92.9 Å². The van der Waals surface area contributed by atoms with Gasteiger partial charge in [-0.1, -0.05) is 0 Å². The molecule has 0 saturated heterocycles. The number of rotatable bonds is 2. The van der Waals surface area contributed by atoms with Crippen LogP contribution in [0.25, 0.3) is 0 Å². The molecule has 2 nitrogen and oxygen atoms in total. The van der Waals surface area contributed by atoms with E-state index in [0.29, 0.717) is 6.54 Å². The van der Waals surface area contributed by atoms with Crippen LogP contribution in [0.3, 0.4) is 0 Å². The monoisotopic (exact) mass is 272 g/mol. The summed E-state index contributed by atoms with van der Waals surface area (Å²) in [5, 5.41) is 0. The maximum atomic E-state index is 5.37. The highest BCUT2D eigenvalue weighted by Gasteiger charge is 1.96. The van der Waals surface area contributed by atoms with E-state index in [9.17, 15) is 0 Å². The van der Waals surface area contributed by atoms with Crippen LogP contribution in [0.5, 0.6) is 0 Å². The van der Waals surface area contributed by atoms with E-state index in [-0.39, 0.29) is 24.8 Å². The topological polar surface area (TPSA) is 38.9 Å². The van der Waals surface area contributed by atoms with Gasteiger partial charge < -0.3 is 5.73 Å². The quantitative estimate of drug-likeness (QED) is 0.897. The summed E-state index contributed by atoms with van der Waals surface area (Å²) in [5.41, 5.74) is 6.40. The molecule has 12 heavy (non-hydrogen) atoms. The Bertz CT molecular complexity index is 220. The predicted molar refractivity (Wildman–Crippen MR) is 59.2 cm³/mol. The minimum absolute atomic E-state index is 0. The molecule has 1 rings (SSSR count). The molecule has 5 heteroatoms. The Hall–Kier alpha value is 0.170. The molecule has 0 spiro atoms. The van der Waals surface area contributed by atoms with Crippen LogP contribution in [0.15, 0.2) is 22.8 Å². The van der Waals surface area contributed by atoms with E-state index in [0.717, 1.165) is 16.6 Å². The number of nitrogens with two attached hydrogens (primary N) is 1. The molecule has 1 heterocycles. The second-order valence-electron chi connectivity index (χ2n) is 1.97. The van der Waals surface area contributed by atoms with E-state index < -0.39 is 0 Å². The van der Waals surface area contributed by atoms with E-state index in [4.69, 9.17) is 5.73 Å². The lowest BCUT2D eigenvalue weighted by atomic mass is 10.3. The van der Waals surface area contributed by atoms with Crippen molar-refractivity contribution < 1.29 is 0 Å². The maximum Gasteiger partial charge on any atom is 0.0557 e. The molecule has 0 aliphatic heterocycles. The van der Waals surface area contributed by atoms with Gasteiger partial charge in [0.15, 0.2) is 0 Å². The predicted octanol–water partition coefficient (Wildman–Crippen LogP) is 2.19. The standard InChI is InChI=1S/C7H9BrN2.2ClH/c8-6-2-1-5-10-7(6)3-4-9;;/h1-2,5H,3-4,9H2;2*1H. The zero-order chi connectivity index (χ0) is 7.40. The fraction of sp³-hybridized carbons (Fsp3) is 0.286. The lowest BCUT2D eigenvalue weighted by molar-refractivity contribution is 0.916. The first-order valence-electron chi connectivity index (χ1n) is 3.14. The third-order valence-electron chi connectivity index (χ3n) is 1.22. The van der Waals surface area contributed by atoms with Gasteiger partial charge in [0.25, 0.3) is 0 Å². The van der Waals surface area contributed by atoms with E-state index in [1.165, 1.54) is 0 Å². The summed E-state index contributed by atoms with van der Waals surface area (Å²) in [7, 11) is 0. The molecule has 0 aliphatic carbocycles. The third-order valence-corrected chi connectivity index (χ3v) is 1.94. The first kappa shape index (κ1) is 14.7. The smallest absolute Gasteiger partial charge is 0.0557 e. The van der Waals surface area contributed by atoms with Crippen LogP contribution in [0.4, 0.5) is 0 Å². The average Bonchev–Trinajstić information content (AvgIpc) is 1.94. The Balaban J connectivity index is 0. The van der Waals surface area contributed by atoms with Gasteiger partial charge in [0, 0.05) is 17.1 Å².